The lowest BCUT2D eigenvalue weighted by Gasteiger charge is -2.32. The highest BCUT2D eigenvalue weighted by Crippen LogP contribution is 2.31. The fourth-order valence-corrected chi connectivity index (χ4v) is 4.03. The fourth-order valence-electron chi connectivity index (χ4n) is 4.03. The molecule has 0 unspecified atom stereocenters. The summed E-state index contributed by atoms with van der Waals surface area (Å²) in [6.45, 7) is 5.17. The van der Waals surface area contributed by atoms with E-state index in [1.54, 1.807) is 30.6 Å². The van der Waals surface area contributed by atoms with Crippen LogP contribution in [0.15, 0.2) is 67.6 Å². The smallest absolute Gasteiger partial charge is 0.247 e. The van der Waals surface area contributed by atoms with Gasteiger partial charge in [0.05, 0.1) is 48.0 Å². The second kappa shape index (κ2) is 10.6. The van der Waals surface area contributed by atoms with Crippen LogP contribution in [0.2, 0.25) is 0 Å². The van der Waals surface area contributed by atoms with E-state index in [1.807, 2.05) is 17.0 Å². The summed E-state index contributed by atoms with van der Waals surface area (Å²) in [5.74, 6) is 0.141. The van der Waals surface area contributed by atoms with Crippen LogP contribution in [0.4, 0.5) is 27.5 Å². The highest BCUT2D eigenvalue weighted by atomic mass is 19.1. The van der Waals surface area contributed by atoms with Gasteiger partial charge >= 0.3 is 0 Å². The summed E-state index contributed by atoms with van der Waals surface area (Å²) in [4.78, 5) is 31.5. The first-order valence-electron chi connectivity index (χ1n) is 11.6. The molecule has 0 spiro atoms. The Labute approximate surface area is 211 Å². The van der Waals surface area contributed by atoms with E-state index in [0.29, 0.717) is 47.7 Å². The highest BCUT2D eigenvalue weighted by Gasteiger charge is 2.21. The van der Waals surface area contributed by atoms with E-state index in [2.05, 4.69) is 37.1 Å². The van der Waals surface area contributed by atoms with Crippen molar-refractivity contribution in [3.8, 4) is 11.3 Å². The number of benzene rings is 1. The van der Waals surface area contributed by atoms with Crippen molar-refractivity contribution in [2.24, 2.45) is 0 Å². The second-order valence-corrected chi connectivity index (χ2v) is 8.33. The Morgan fingerprint density at radius 3 is 2.86 bits per heavy atom. The van der Waals surface area contributed by atoms with Gasteiger partial charge in [0.2, 0.25) is 11.9 Å². The molecule has 0 radical (unpaired) electrons. The molecular weight excluding hydrogens is 477 g/mol. The number of rotatable bonds is 7. The number of anilines is 4. The summed E-state index contributed by atoms with van der Waals surface area (Å²) in [5.41, 5.74) is 1.98. The molecule has 1 aliphatic rings. The first-order chi connectivity index (χ1) is 18.0. The third kappa shape index (κ3) is 5.37. The molecule has 10 nitrogen and oxygen atoms in total. The van der Waals surface area contributed by atoms with E-state index in [-0.39, 0.29) is 30.1 Å². The van der Waals surface area contributed by atoms with Gasteiger partial charge in [0, 0.05) is 36.6 Å². The van der Waals surface area contributed by atoms with Crippen molar-refractivity contribution in [2.75, 3.05) is 41.8 Å². The monoisotopic (exact) mass is 501 g/mol. The molecule has 37 heavy (non-hydrogen) atoms. The zero-order valence-electron chi connectivity index (χ0n) is 19.8. The Balaban J connectivity index is 1.42. The summed E-state index contributed by atoms with van der Waals surface area (Å²) in [5, 5.41) is 15.8. The number of carbonyl (C=O) groups excluding carboxylic acids is 1. The van der Waals surface area contributed by atoms with Crippen molar-refractivity contribution in [1.29, 1.82) is 0 Å². The third-order valence-corrected chi connectivity index (χ3v) is 5.84. The van der Waals surface area contributed by atoms with Crippen LogP contribution in [0.3, 0.4) is 0 Å². The summed E-state index contributed by atoms with van der Waals surface area (Å²) >= 11 is 0. The fraction of sp³-hybridized carbons (Fsp3) is 0.192. The number of hydrogen-bond donors (Lipinski definition) is 3. The number of aliphatic hydroxyl groups excluding tert-OH is 1. The minimum atomic E-state index is -0.505. The lowest BCUT2D eigenvalue weighted by molar-refractivity contribution is -0.111. The molecule has 1 atom stereocenters. The van der Waals surface area contributed by atoms with Gasteiger partial charge in [-0.25, -0.2) is 19.3 Å². The number of ether oxygens (including phenoxy) is 1. The highest BCUT2D eigenvalue weighted by molar-refractivity contribution is 6.00. The van der Waals surface area contributed by atoms with E-state index in [0.717, 1.165) is 11.9 Å². The number of aliphatic hydroxyl groups is 1. The third-order valence-electron chi connectivity index (χ3n) is 5.84. The lowest BCUT2D eigenvalue weighted by Crippen LogP contribution is -2.44. The standard InChI is InChI=1S/C26H24FN7O3/c1-2-23(36)31-17-7-8-28-21(11-17)24-20(27)5-3-16-12-30-26(33-25(16)24)32-18-4-6-22(29-13-18)34-9-10-37-19(14-34)15-35/h2-8,11-13,19,35H,1,9-10,14-15H2,(H,28,31,36)(H,30,32,33)/t19-/m0/s1. The molecule has 1 saturated heterocycles. The molecule has 1 amide bonds. The van der Waals surface area contributed by atoms with Gasteiger partial charge in [0.1, 0.15) is 11.6 Å². The number of amides is 1. The van der Waals surface area contributed by atoms with Gasteiger partial charge < -0.3 is 25.4 Å². The number of hydrogen-bond acceptors (Lipinski definition) is 9. The Bertz CT molecular complexity index is 1450. The Kier molecular flexibility index (Phi) is 6.97. The van der Waals surface area contributed by atoms with Gasteiger partial charge in [-0.2, -0.15) is 0 Å². The molecule has 5 rings (SSSR count). The summed E-state index contributed by atoms with van der Waals surface area (Å²) in [6, 6.07) is 9.82. The van der Waals surface area contributed by atoms with Crippen molar-refractivity contribution < 1.29 is 19.0 Å². The number of halogens is 1. The number of carbonyl (C=O) groups is 1. The average molecular weight is 502 g/mol. The molecule has 1 aromatic carbocycles. The zero-order valence-corrected chi connectivity index (χ0v) is 19.8. The molecule has 1 fully saturated rings. The quantitative estimate of drug-likeness (QED) is 0.327. The Morgan fingerprint density at radius 1 is 1.19 bits per heavy atom. The van der Waals surface area contributed by atoms with Crippen molar-refractivity contribution in [1.82, 2.24) is 19.9 Å². The molecule has 4 heterocycles. The predicted octanol–water partition coefficient (Wildman–Crippen LogP) is 3.29. The normalized spacial score (nSPS) is 15.4. The molecule has 3 aromatic heterocycles. The van der Waals surface area contributed by atoms with Crippen LogP contribution in [-0.2, 0) is 9.53 Å². The number of aromatic nitrogens is 4. The van der Waals surface area contributed by atoms with Gasteiger partial charge in [0.25, 0.3) is 0 Å². The summed E-state index contributed by atoms with van der Waals surface area (Å²) in [6.07, 6.45) is 5.66. The summed E-state index contributed by atoms with van der Waals surface area (Å²) < 4.78 is 20.5. The van der Waals surface area contributed by atoms with E-state index in [9.17, 15) is 9.90 Å². The Morgan fingerprint density at radius 2 is 2.08 bits per heavy atom. The predicted molar refractivity (Wildman–Crippen MR) is 138 cm³/mol. The van der Waals surface area contributed by atoms with Gasteiger partial charge in [-0.05, 0) is 42.5 Å². The van der Waals surface area contributed by atoms with Crippen LogP contribution in [0.25, 0.3) is 22.2 Å². The van der Waals surface area contributed by atoms with Crippen LogP contribution in [0.1, 0.15) is 0 Å². The maximum Gasteiger partial charge on any atom is 0.247 e. The molecule has 188 valence electrons. The first kappa shape index (κ1) is 24.2. The first-order valence-corrected chi connectivity index (χ1v) is 11.6. The van der Waals surface area contributed by atoms with Crippen molar-refractivity contribution in [2.45, 2.75) is 6.10 Å². The van der Waals surface area contributed by atoms with Crippen molar-refractivity contribution in [3.05, 3.63) is 73.5 Å². The molecule has 0 aliphatic carbocycles. The number of pyridine rings is 2. The molecular formula is C26H24FN7O3. The molecule has 4 aromatic rings. The molecule has 3 N–H and O–H groups in total. The Hall–Kier alpha value is -4.48. The van der Waals surface area contributed by atoms with Crippen molar-refractivity contribution in [3.63, 3.8) is 0 Å². The number of nitrogens with zero attached hydrogens (tertiary/aromatic N) is 5. The van der Waals surface area contributed by atoms with Crippen LogP contribution in [-0.4, -0.2) is 63.4 Å². The topological polar surface area (TPSA) is 125 Å². The summed E-state index contributed by atoms with van der Waals surface area (Å²) in [7, 11) is 0. The number of nitrogens with one attached hydrogen (secondary N) is 2. The maximum atomic E-state index is 15.0. The van der Waals surface area contributed by atoms with E-state index in [4.69, 9.17) is 4.74 Å². The van der Waals surface area contributed by atoms with Crippen LogP contribution in [0.5, 0.6) is 0 Å². The average Bonchev–Trinajstić information content (AvgIpc) is 2.93. The molecule has 11 heteroatoms. The SMILES string of the molecule is C=CC(=O)Nc1ccnc(-c2c(F)ccc3cnc(Nc4ccc(N5CCO[C@H](CO)C5)nc4)nc23)c1. The second-order valence-electron chi connectivity index (χ2n) is 8.33. The maximum absolute atomic E-state index is 15.0. The largest absolute Gasteiger partial charge is 0.394 e. The number of morpholine rings is 1. The zero-order chi connectivity index (χ0) is 25.8. The van der Waals surface area contributed by atoms with Gasteiger partial charge in [-0.1, -0.05) is 6.58 Å². The van der Waals surface area contributed by atoms with E-state index >= 15 is 4.39 Å². The minimum Gasteiger partial charge on any atom is -0.394 e. The molecule has 1 aliphatic heterocycles. The van der Waals surface area contributed by atoms with Crippen LogP contribution >= 0.6 is 0 Å². The van der Waals surface area contributed by atoms with Gasteiger partial charge in [-0.3, -0.25) is 9.78 Å². The van der Waals surface area contributed by atoms with Gasteiger partial charge in [-0.15, -0.1) is 0 Å². The lowest BCUT2D eigenvalue weighted by atomic mass is 10.1. The van der Waals surface area contributed by atoms with E-state index in [1.165, 1.54) is 12.3 Å². The van der Waals surface area contributed by atoms with Crippen molar-refractivity contribution >= 4 is 40.0 Å². The minimum absolute atomic E-state index is 0.0404. The van der Waals surface area contributed by atoms with E-state index < -0.39 is 5.82 Å². The number of fused-ring (bicyclic) bond motifs is 1. The molecule has 0 bridgehead atoms. The van der Waals surface area contributed by atoms with Crippen LogP contribution < -0.4 is 15.5 Å². The molecule has 0 saturated carbocycles. The van der Waals surface area contributed by atoms with Gasteiger partial charge in [0.15, 0.2) is 0 Å². The van der Waals surface area contributed by atoms with Crippen LogP contribution in [0, 0.1) is 5.82 Å².